The summed E-state index contributed by atoms with van der Waals surface area (Å²) in [5.74, 6) is -6.94. The second-order valence-electron chi connectivity index (χ2n) is 10.1. The van der Waals surface area contributed by atoms with Crippen LogP contribution in [-0.2, 0) is 37.0 Å². The van der Waals surface area contributed by atoms with Crippen molar-refractivity contribution in [1.29, 1.82) is 0 Å². The van der Waals surface area contributed by atoms with Crippen molar-refractivity contribution < 1.29 is 49.8 Å². The number of nitrogens with zero attached hydrogens (tertiary/aromatic N) is 1. The van der Waals surface area contributed by atoms with Crippen LogP contribution in [-0.4, -0.2) is 32.0 Å². The number of para-hydroxylation sites is 1. The molecular weight excluding hydrogens is 731 g/mol. The average Bonchev–Trinajstić information content (AvgIpc) is 3.37. The molecule has 45 heavy (non-hydrogen) atoms. The monoisotopic (exact) mass is 752 g/mol. The van der Waals surface area contributed by atoms with Crippen LogP contribution in [0.25, 0.3) is 10.9 Å². The number of carboxylic acid groups (broad SMARTS) is 1. The van der Waals surface area contributed by atoms with Crippen molar-refractivity contribution in [3.8, 4) is 0 Å². The first-order valence-electron chi connectivity index (χ1n) is 13.1. The fourth-order valence-electron chi connectivity index (χ4n) is 5.33. The predicted molar refractivity (Wildman–Crippen MR) is 155 cm³/mol. The van der Waals surface area contributed by atoms with E-state index in [0.29, 0.717) is 14.7 Å². The number of aromatic nitrogens is 1. The number of halogens is 9. The molecule has 1 aliphatic rings. The molecule has 5 rings (SSSR count). The number of carboxylic acids is 1. The molecule has 0 radical (unpaired) electrons. The zero-order chi connectivity index (χ0) is 33.0. The summed E-state index contributed by atoms with van der Waals surface area (Å²) in [6.45, 7) is 0. The van der Waals surface area contributed by atoms with Crippen molar-refractivity contribution in [1.82, 2.24) is 9.88 Å². The standard InChI is InChI=1S/C30H21F8IN2O4/c1-41-22-8-3-2-6-17(22)24(30(36,37)38)25(27(41)43)39-10-9-16-14(5-4-7-20(16)39)11-21(28(44)45)40-26(42)23-18(31)12-15(13-19(23)32)29(33,34)35/h2-8,12-13,21H,9-11H2,1H3,(H,40,42)(H,44,45)/t21-/m0/s1. The minimum atomic E-state index is -5.10. The van der Waals surface area contributed by atoms with Crippen LogP contribution in [0.2, 0.25) is 0 Å². The summed E-state index contributed by atoms with van der Waals surface area (Å²) in [6.07, 6.45) is -10.2. The van der Waals surface area contributed by atoms with Gasteiger partial charge in [-0.1, -0.05) is 0 Å². The van der Waals surface area contributed by atoms with Crippen LogP contribution in [0.5, 0.6) is 0 Å². The molecule has 1 aliphatic heterocycles. The van der Waals surface area contributed by atoms with Crippen molar-refractivity contribution in [2.24, 2.45) is 7.05 Å². The third-order valence-corrected chi connectivity index (χ3v) is 13.7. The number of benzene rings is 3. The molecule has 0 bridgehead atoms. The van der Waals surface area contributed by atoms with Crippen LogP contribution in [0, 0.1) is 18.8 Å². The van der Waals surface area contributed by atoms with E-state index in [4.69, 9.17) is 0 Å². The Morgan fingerprint density at radius 3 is 2.22 bits per heavy atom. The first-order chi connectivity index (χ1) is 21.0. The molecule has 1 amide bonds. The molecule has 6 nitrogen and oxygen atoms in total. The summed E-state index contributed by atoms with van der Waals surface area (Å²) in [5.41, 5.74) is -3.92. The fraction of sp³-hybridized carbons (Fsp3) is 0.233. The number of carbonyl (C=O) groups is 2. The molecule has 0 saturated carbocycles. The van der Waals surface area contributed by atoms with E-state index >= 15 is 0 Å². The molecule has 0 saturated heterocycles. The van der Waals surface area contributed by atoms with Crippen molar-refractivity contribution >= 4 is 42.6 Å². The van der Waals surface area contributed by atoms with E-state index in [1.807, 2.05) is 5.32 Å². The number of hydrogen-bond acceptors (Lipinski definition) is 3. The number of nitrogens with one attached hydrogen (secondary N) is 1. The van der Waals surface area contributed by atoms with Crippen molar-refractivity contribution in [2.75, 3.05) is 4.43 Å². The Hall–Kier alpha value is -4.02. The summed E-state index contributed by atoms with van der Waals surface area (Å²) in [7, 11) is 1.39. The number of amides is 1. The van der Waals surface area contributed by atoms with E-state index in [2.05, 4.69) is 0 Å². The number of fused-ring (bicyclic) bond motifs is 2. The van der Waals surface area contributed by atoms with E-state index in [0.717, 1.165) is 0 Å². The number of pyridine rings is 1. The van der Waals surface area contributed by atoms with Crippen LogP contribution in [0.15, 0.2) is 59.4 Å². The third-order valence-electron chi connectivity index (χ3n) is 7.38. The summed E-state index contributed by atoms with van der Waals surface area (Å²) in [4.78, 5) is 38.2. The van der Waals surface area contributed by atoms with Gasteiger partial charge in [0.25, 0.3) is 0 Å². The van der Waals surface area contributed by atoms with Gasteiger partial charge in [-0.2, -0.15) is 13.2 Å². The molecule has 0 spiro atoms. The summed E-state index contributed by atoms with van der Waals surface area (Å²) < 4.78 is 113. The maximum absolute atomic E-state index is 14.5. The number of aryl methyl sites for hydroxylation is 1. The normalized spacial score (nSPS) is 14.8. The summed E-state index contributed by atoms with van der Waals surface area (Å²) in [6, 6.07) is 8.26. The molecule has 0 fully saturated rings. The van der Waals surface area contributed by atoms with Crippen LogP contribution < -0.4 is 10.9 Å². The minimum absolute atomic E-state index is 0.0878. The number of hydrogen-bond donors (Lipinski definition) is 2. The molecule has 1 aromatic heterocycles. The fourth-order valence-corrected chi connectivity index (χ4v) is 12.3. The molecule has 15 heteroatoms. The molecule has 3 aromatic carbocycles. The van der Waals surface area contributed by atoms with Crippen LogP contribution in [0.1, 0.15) is 32.6 Å². The van der Waals surface area contributed by atoms with Gasteiger partial charge in [-0.3, -0.25) is 0 Å². The Bertz CT molecular complexity index is 1900. The molecule has 2 N–H and O–H groups in total. The number of carbonyl (C=O) groups excluding carboxylic acids is 1. The zero-order valence-electron chi connectivity index (χ0n) is 22.9. The van der Waals surface area contributed by atoms with Gasteiger partial charge in [0.15, 0.2) is 0 Å². The van der Waals surface area contributed by atoms with E-state index in [1.54, 1.807) is 6.07 Å². The quantitative estimate of drug-likeness (QED) is 0.136. The van der Waals surface area contributed by atoms with Gasteiger partial charge in [0.1, 0.15) is 0 Å². The SMILES string of the molecule is Cn1c(=O)c(I2CCc3c(C[C@H](NC(=O)c4c(F)cc(C(F)(F)F)cc4F)C(=O)O)cccc32)c(C(F)(F)F)c2ccccc21. The third kappa shape index (κ3) is 6.01. The Morgan fingerprint density at radius 2 is 1.62 bits per heavy atom. The number of alkyl halides is 7. The topological polar surface area (TPSA) is 88.4 Å². The van der Waals surface area contributed by atoms with E-state index in [-0.39, 0.29) is 37.5 Å². The average molecular weight is 752 g/mol. The first kappa shape index (κ1) is 32.4. The second kappa shape index (κ2) is 11.7. The summed E-state index contributed by atoms with van der Waals surface area (Å²) in [5, 5.41) is 11.6. The first-order valence-corrected chi connectivity index (χ1v) is 16.7. The van der Waals surface area contributed by atoms with Gasteiger partial charge in [0, 0.05) is 0 Å². The van der Waals surface area contributed by atoms with Crippen LogP contribution >= 0.6 is 19.8 Å². The Kier molecular flexibility index (Phi) is 8.44. The molecule has 2 heterocycles. The van der Waals surface area contributed by atoms with Crippen molar-refractivity contribution in [3.63, 3.8) is 0 Å². The Labute approximate surface area is 256 Å². The van der Waals surface area contributed by atoms with Crippen molar-refractivity contribution in [2.45, 2.75) is 31.2 Å². The van der Waals surface area contributed by atoms with E-state index < -0.39 is 90.4 Å². The summed E-state index contributed by atoms with van der Waals surface area (Å²) >= 11 is -3.07. The van der Waals surface area contributed by atoms with Crippen LogP contribution in [0.3, 0.4) is 0 Å². The van der Waals surface area contributed by atoms with Crippen molar-refractivity contribution in [3.05, 3.63) is 112 Å². The van der Waals surface area contributed by atoms with Gasteiger partial charge in [-0.05, 0) is 0 Å². The Balaban J connectivity index is 1.51. The maximum atomic E-state index is 14.5. The zero-order valence-corrected chi connectivity index (χ0v) is 25.1. The van der Waals surface area contributed by atoms with Gasteiger partial charge < -0.3 is 0 Å². The molecule has 1 atom stereocenters. The Morgan fingerprint density at radius 1 is 0.978 bits per heavy atom. The molecule has 0 aliphatic carbocycles. The van der Waals surface area contributed by atoms with Gasteiger partial charge in [0.2, 0.25) is 0 Å². The molecule has 238 valence electrons. The van der Waals surface area contributed by atoms with E-state index in [9.17, 15) is 54.6 Å². The predicted octanol–water partition coefficient (Wildman–Crippen LogP) is 6.38. The van der Waals surface area contributed by atoms with E-state index in [1.165, 1.54) is 48.0 Å². The molecular formula is C30H21F8IN2O4. The van der Waals surface area contributed by atoms with Gasteiger partial charge in [-0.15, -0.1) is 0 Å². The van der Waals surface area contributed by atoms with Gasteiger partial charge in [0.05, 0.1) is 0 Å². The molecule has 0 unspecified atom stereocenters. The van der Waals surface area contributed by atoms with Gasteiger partial charge in [-0.25, -0.2) is 0 Å². The second-order valence-corrected chi connectivity index (χ2v) is 15.5. The number of aliphatic carboxylic acids is 1. The molecule has 4 aromatic rings. The van der Waals surface area contributed by atoms with Crippen LogP contribution in [0.4, 0.5) is 35.1 Å². The van der Waals surface area contributed by atoms with Gasteiger partial charge >= 0.3 is 243 Å². The number of rotatable bonds is 6.